The topological polar surface area (TPSA) is 126 Å². The number of carbonyl (C=O) groups excluding carboxylic acids is 1. The Balaban J connectivity index is 1.26. The van der Waals surface area contributed by atoms with Crippen molar-refractivity contribution in [1.82, 2.24) is 14.4 Å². The van der Waals surface area contributed by atoms with Gasteiger partial charge in [0.2, 0.25) is 5.88 Å². The molecule has 0 spiro atoms. The van der Waals surface area contributed by atoms with Crippen LogP contribution in [0.1, 0.15) is 15.9 Å². The SMILES string of the molecule is CN1CCN(Cn2c(O)c(N=NC(=O)c3ccc(OCc4ccc([N+](=O)[O-])cc4)cc3)c3ccccc32)CC1. The maximum absolute atomic E-state index is 12.7. The highest BCUT2D eigenvalue weighted by Crippen LogP contribution is 2.39. The third-order valence-corrected chi connectivity index (χ3v) is 6.75. The van der Waals surface area contributed by atoms with Crippen LogP contribution < -0.4 is 4.74 Å². The van der Waals surface area contributed by atoms with E-state index >= 15 is 0 Å². The maximum Gasteiger partial charge on any atom is 0.295 e. The molecule has 3 aromatic carbocycles. The number of fused-ring (bicyclic) bond motifs is 1. The van der Waals surface area contributed by atoms with Gasteiger partial charge in [-0.1, -0.05) is 18.2 Å². The Hall–Kier alpha value is -4.61. The van der Waals surface area contributed by atoms with Crippen LogP contribution in [0.5, 0.6) is 11.6 Å². The summed E-state index contributed by atoms with van der Waals surface area (Å²) in [4.78, 5) is 27.6. The number of hydrogen-bond acceptors (Lipinski definition) is 8. The molecule has 1 saturated heterocycles. The average Bonchev–Trinajstić information content (AvgIpc) is 3.22. The van der Waals surface area contributed by atoms with E-state index in [4.69, 9.17) is 4.74 Å². The summed E-state index contributed by atoms with van der Waals surface area (Å²) in [5, 5.41) is 30.6. The van der Waals surface area contributed by atoms with Gasteiger partial charge in [-0.25, -0.2) is 0 Å². The molecule has 0 bridgehead atoms. The van der Waals surface area contributed by atoms with Gasteiger partial charge in [-0.15, -0.1) is 10.2 Å². The molecule has 1 aliphatic rings. The van der Waals surface area contributed by atoms with Crippen molar-refractivity contribution in [1.29, 1.82) is 0 Å². The Morgan fingerprint density at radius 3 is 2.38 bits per heavy atom. The number of rotatable bonds is 8. The minimum Gasteiger partial charge on any atom is -0.493 e. The van der Waals surface area contributed by atoms with Crippen LogP contribution in [-0.2, 0) is 13.3 Å². The van der Waals surface area contributed by atoms with Crippen molar-refractivity contribution in [2.24, 2.45) is 10.2 Å². The van der Waals surface area contributed by atoms with Gasteiger partial charge in [-0.2, -0.15) is 0 Å². The lowest BCUT2D eigenvalue weighted by Crippen LogP contribution is -2.44. The first-order valence-electron chi connectivity index (χ1n) is 12.5. The van der Waals surface area contributed by atoms with Crippen LogP contribution in [0.15, 0.2) is 83.0 Å². The molecule has 200 valence electrons. The number of benzene rings is 3. The summed E-state index contributed by atoms with van der Waals surface area (Å²) in [7, 11) is 2.10. The van der Waals surface area contributed by atoms with Crippen LogP contribution in [-0.4, -0.2) is 63.5 Å². The molecule has 1 aliphatic heterocycles. The summed E-state index contributed by atoms with van der Waals surface area (Å²) in [6.07, 6.45) is 0. The number of para-hydroxylation sites is 1. The van der Waals surface area contributed by atoms with E-state index in [0.29, 0.717) is 18.0 Å². The van der Waals surface area contributed by atoms with Crippen molar-refractivity contribution in [2.75, 3.05) is 33.2 Å². The van der Waals surface area contributed by atoms with E-state index in [1.54, 1.807) is 41.0 Å². The molecule has 11 heteroatoms. The van der Waals surface area contributed by atoms with Gasteiger partial charge in [0.15, 0.2) is 5.69 Å². The summed E-state index contributed by atoms with van der Waals surface area (Å²) in [5.74, 6) is -0.0413. The number of nitro benzene ring substituents is 1. The molecule has 0 atom stereocenters. The number of azo groups is 1. The zero-order valence-corrected chi connectivity index (χ0v) is 21.4. The zero-order valence-electron chi connectivity index (χ0n) is 21.4. The Bertz CT molecular complexity index is 1510. The van der Waals surface area contributed by atoms with Gasteiger partial charge >= 0.3 is 0 Å². The fourth-order valence-electron chi connectivity index (χ4n) is 4.43. The summed E-state index contributed by atoms with van der Waals surface area (Å²) in [6, 6.07) is 20.1. The molecule has 11 nitrogen and oxygen atoms in total. The number of likely N-dealkylation sites (N-methyl/N-ethyl adjacent to an activating group) is 1. The van der Waals surface area contributed by atoms with Gasteiger partial charge in [-0.05, 0) is 55.1 Å². The number of nitro groups is 1. The van der Waals surface area contributed by atoms with Gasteiger partial charge in [0.05, 0.1) is 17.1 Å². The highest BCUT2D eigenvalue weighted by molar-refractivity contribution is 5.97. The maximum atomic E-state index is 12.7. The number of non-ortho nitro benzene ring substituents is 1. The largest absolute Gasteiger partial charge is 0.493 e. The molecule has 2 heterocycles. The van der Waals surface area contributed by atoms with E-state index < -0.39 is 10.8 Å². The Labute approximate surface area is 224 Å². The van der Waals surface area contributed by atoms with E-state index in [-0.39, 0.29) is 23.9 Å². The average molecular weight is 529 g/mol. The predicted octanol–water partition coefficient (Wildman–Crippen LogP) is 4.96. The number of aromatic hydroxyl groups is 1. The highest BCUT2D eigenvalue weighted by Gasteiger charge is 2.21. The van der Waals surface area contributed by atoms with Gasteiger partial charge < -0.3 is 14.7 Å². The van der Waals surface area contributed by atoms with Crippen molar-refractivity contribution >= 4 is 28.2 Å². The first kappa shape index (κ1) is 26.0. The van der Waals surface area contributed by atoms with E-state index in [2.05, 4.69) is 27.1 Å². The molecule has 0 unspecified atom stereocenters. The zero-order chi connectivity index (χ0) is 27.4. The third-order valence-electron chi connectivity index (χ3n) is 6.75. The number of ether oxygens (including phenoxy) is 1. The molecule has 0 aliphatic carbocycles. The van der Waals surface area contributed by atoms with Crippen LogP contribution >= 0.6 is 0 Å². The lowest BCUT2D eigenvalue weighted by atomic mass is 10.2. The third kappa shape index (κ3) is 5.95. The second-order valence-corrected chi connectivity index (χ2v) is 9.42. The first-order valence-corrected chi connectivity index (χ1v) is 12.5. The number of piperazine rings is 1. The molecule has 4 aromatic rings. The Morgan fingerprint density at radius 1 is 1.00 bits per heavy atom. The molecule has 0 saturated carbocycles. The number of amides is 1. The summed E-state index contributed by atoms with van der Waals surface area (Å²) in [5.41, 5.74) is 2.20. The lowest BCUT2D eigenvalue weighted by Gasteiger charge is -2.32. The van der Waals surface area contributed by atoms with Gasteiger partial charge in [-0.3, -0.25) is 24.4 Å². The van der Waals surface area contributed by atoms with E-state index in [0.717, 1.165) is 42.6 Å². The van der Waals surface area contributed by atoms with Crippen LogP contribution in [0, 0.1) is 10.1 Å². The fraction of sp³-hybridized carbons (Fsp3) is 0.250. The smallest absolute Gasteiger partial charge is 0.295 e. The number of aromatic nitrogens is 1. The van der Waals surface area contributed by atoms with Crippen LogP contribution in [0.4, 0.5) is 11.4 Å². The summed E-state index contributed by atoms with van der Waals surface area (Å²) in [6.45, 7) is 4.45. The summed E-state index contributed by atoms with van der Waals surface area (Å²) < 4.78 is 7.52. The molecule has 1 aromatic heterocycles. The van der Waals surface area contributed by atoms with Crippen molar-refractivity contribution in [2.45, 2.75) is 13.3 Å². The molecule has 1 fully saturated rings. The van der Waals surface area contributed by atoms with E-state index in [1.165, 1.54) is 12.1 Å². The van der Waals surface area contributed by atoms with E-state index in [1.807, 2.05) is 24.3 Å². The first-order chi connectivity index (χ1) is 18.9. The molecule has 1 amide bonds. The highest BCUT2D eigenvalue weighted by atomic mass is 16.6. The minimum atomic E-state index is -0.549. The van der Waals surface area contributed by atoms with Crippen LogP contribution in [0.25, 0.3) is 10.9 Å². The standard InChI is InChI=1S/C28H28N6O5/c1-31-14-16-32(17-15-31)19-33-25-5-3-2-4-24(25)26(28(33)36)29-30-27(35)21-8-12-23(13-9-21)39-18-20-6-10-22(11-7-20)34(37)38/h2-13,36H,14-19H2,1H3. The number of hydrogen-bond donors (Lipinski definition) is 1. The normalized spacial score (nSPS) is 14.7. The molecule has 5 rings (SSSR count). The van der Waals surface area contributed by atoms with Crippen LogP contribution in [0.3, 0.4) is 0 Å². The predicted molar refractivity (Wildman–Crippen MR) is 145 cm³/mol. The van der Waals surface area contributed by atoms with E-state index in [9.17, 15) is 20.0 Å². The molecule has 0 radical (unpaired) electrons. The Morgan fingerprint density at radius 2 is 1.69 bits per heavy atom. The minimum absolute atomic E-state index is 0.0173. The fourth-order valence-corrected chi connectivity index (χ4v) is 4.43. The molecule has 1 N–H and O–H groups in total. The number of nitrogens with zero attached hydrogens (tertiary/aromatic N) is 6. The Kier molecular flexibility index (Phi) is 7.62. The van der Waals surface area contributed by atoms with Crippen molar-refractivity contribution in [3.8, 4) is 11.6 Å². The van der Waals surface area contributed by atoms with Crippen molar-refractivity contribution in [3.05, 3.63) is 94.0 Å². The monoisotopic (exact) mass is 528 g/mol. The van der Waals surface area contributed by atoms with Crippen molar-refractivity contribution < 1.29 is 19.6 Å². The lowest BCUT2D eigenvalue weighted by molar-refractivity contribution is -0.384. The van der Waals surface area contributed by atoms with Gasteiger partial charge in [0, 0.05) is 49.3 Å². The molecular weight excluding hydrogens is 500 g/mol. The second-order valence-electron chi connectivity index (χ2n) is 9.42. The van der Waals surface area contributed by atoms with Crippen molar-refractivity contribution in [3.63, 3.8) is 0 Å². The molecule has 39 heavy (non-hydrogen) atoms. The van der Waals surface area contributed by atoms with Gasteiger partial charge in [0.25, 0.3) is 11.6 Å². The summed E-state index contributed by atoms with van der Waals surface area (Å²) >= 11 is 0. The second kappa shape index (κ2) is 11.4. The molecular formula is C28H28N6O5. The quantitative estimate of drug-likeness (QED) is 0.195. The van der Waals surface area contributed by atoms with Crippen LogP contribution in [0.2, 0.25) is 0 Å². The van der Waals surface area contributed by atoms with Gasteiger partial charge in [0.1, 0.15) is 12.4 Å². The number of carbonyl (C=O) groups is 1.